The molecular formula is C29H27F2N7. The Kier molecular flexibility index (Phi) is 6.14. The number of pyridine rings is 1. The molecule has 0 unspecified atom stereocenters. The third-order valence-electron chi connectivity index (χ3n) is 8.02. The number of rotatable bonds is 4. The van der Waals surface area contributed by atoms with E-state index in [2.05, 4.69) is 47.9 Å². The maximum Gasteiger partial charge on any atom is 0.161 e. The molecule has 1 aliphatic rings. The number of benzene rings is 1. The van der Waals surface area contributed by atoms with Crippen molar-refractivity contribution in [3.05, 3.63) is 82.9 Å². The summed E-state index contributed by atoms with van der Waals surface area (Å²) in [6.07, 6.45) is 4.85. The van der Waals surface area contributed by atoms with E-state index in [0.717, 1.165) is 29.8 Å². The summed E-state index contributed by atoms with van der Waals surface area (Å²) in [6, 6.07) is 11.0. The number of anilines is 1. The number of nitrogens with two attached hydrogens (primary N) is 1. The van der Waals surface area contributed by atoms with Crippen LogP contribution < -0.4 is 5.73 Å². The highest BCUT2D eigenvalue weighted by Crippen LogP contribution is 2.56. The fraction of sp³-hybridized carbons (Fsp3) is 0.310. The van der Waals surface area contributed by atoms with Crippen LogP contribution in [0.15, 0.2) is 48.8 Å². The molecule has 9 heteroatoms. The first-order valence-corrected chi connectivity index (χ1v) is 12.4. The van der Waals surface area contributed by atoms with E-state index in [1.165, 1.54) is 18.2 Å². The lowest BCUT2D eigenvalue weighted by molar-refractivity contribution is 0.153. The van der Waals surface area contributed by atoms with Crippen LogP contribution in [0.2, 0.25) is 0 Å². The smallest absolute Gasteiger partial charge is 0.161 e. The minimum absolute atomic E-state index is 0.123. The van der Waals surface area contributed by atoms with Crippen molar-refractivity contribution in [3.63, 3.8) is 0 Å². The van der Waals surface area contributed by atoms with Crippen LogP contribution in [-0.4, -0.2) is 25.1 Å². The number of halogens is 2. The third kappa shape index (κ3) is 3.88. The van der Waals surface area contributed by atoms with Crippen LogP contribution in [-0.2, 0) is 5.41 Å². The van der Waals surface area contributed by atoms with Crippen molar-refractivity contribution in [1.82, 2.24) is 25.1 Å². The van der Waals surface area contributed by atoms with E-state index in [-0.39, 0.29) is 34.0 Å². The van der Waals surface area contributed by atoms with Crippen LogP contribution in [0.3, 0.4) is 0 Å². The Labute approximate surface area is 219 Å². The van der Waals surface area contributed by atoms with Gasteiger partial charge in [-0.05, 0) is 67.0 Å². The van der Waals surface area contributed by atoms with Crippen molar-refractivity contribution in [3.8, 4) is 28.7 Å². The average molecular weight is 512 g/mol. The zero-order valence-electron chi connectivity index (χ0n) is 21.6. The number of nitrogens with zero attached hydrogens (tertiary/aromatic N) is 6. The minimum atomic E-state index is -0.704. The predicted octanol–water partition coefficient (Wildman–Crippen LogP) is 5.96. The molecule has 1 aromatic carbocycles. The first-order valence-electron chi connectivity index (χ1n) is 12.4. The summed E-state index contributed by atoms with van der Waals surface area (Å²) in [5.41, 5.74) is 7.93. The molecule has 0 radical (unpaired) electrons. The van der Waals surface area contributed by atoms with Gasteiger partial charge >= 0.3 is 0 Å². The molecule has 5 rings (SSSR count). The highest BCUT2D eigenvalue weighted by Gasteiger charge is 2.52. The van der Waals surface area contributed by atoms with Gasteiger partial charge in [0.15, 0.2) is 5.82 Å². The molecular weight excluding hydrogens is 484 g/mol. The Balaban J connectivity index is 1.70. The molecule has 3 aromatic heterocycles. The van der Waals surface area contributed by atoms with E-state index >= 15 is 0 Å². The molecule has 0 aliphatic heterocycles. The lowest BCUT2D eigenvalue weighted by Gasteiger charge is -2.50. The first-order chi connectivity index (χ1) is 18.1. The Morgan fingerprint density at radius 3 is 2.50 bits per heavy atom. The first kappa shape index (κ1) is 25.3. The second-order valence-corrected chi connectivity index (χ2v) is 10.5. The maximum absolute atomic E-state index is 14.6. The van der Waals surface area contributed by atoms with Crippen LogP contribution in [0.25, 0.3) is 22.6 Å². The minimum Gasteiger partial charge on any atom is -0.383 e. The van der Waals surface area contributed by atoms with Crippen molar-refractivity contribution >= 4 is 5.82 Å². The topological polar surface area (TPSA) is 114 Å². The SMILES string of the molecule is CC[C@@H]1CC(C)(C)[C@@](C)(c2ccnc(-c3cnc(N)c(C#N)c3)n2)c2nnc(-c3c(F)cccc3F)cc21. The number of hydrogen-bond donors (Lipinski definition) is 1. The van der Waals surface area contributed by atoms with Crippen LogP contribution in [0.5, 0.6) is 0 Å². The van der Waals surface area contributed by atoms with Crippen molar-refractivity contribution < 1.29 is 8.78 Å². The van der Waals surface area contributed by atoms with Gasteiger partial charge in [0.05, 0.1) is 33.6 Å². The predicted molar refractivity (Wildman–Crippen MR) is 140 cm³/mol. The van der Waals surface area contributed by atoms with E-state index in [0.29, 0.717) is 11.4 Å². The van der Waals surface area contributed by atoms with Crippen LogP contribution in [0, 0.1) is 28.4 Å². The fourth-order valence-electron chi connectivity index (χ4n) is 5.52. The molecule has 0 spiro atoms. The summed E-state index contributed by atoms with van der Waals surface area (Å²) >= 11 is 0. The fourth-order valence-corrected chi connectivity index (χ4v) is 5.52. The Morgan fingerprint density at radius 2 is 1.82 bits per heavy atom. The van der Waals surface area contributed by atoms with E-state index in [1.807, 2.05) is 12.1 Å². The van der Waals surface area contributed by atoms with Crippen molar-refractivity contribution in [1.29, 1.82) is 5.26 Å². The molecule has 4 aromatic rings. The van der Waals surface area contributed by atoms with Gasteiger partial charge in [0.25, 0.3) is 0 Å². The van der Waals surface area contributed by atoms with Crippen LogP contribution >= 0.6 is 0 Å². The van der Waals surface area contributed by atoms with Gasteiger partial charge in [-0.3, -0.25) is 0 Å². The molecule has 0 bridgehead atoms. The van der Waals surface area contributed by atoms with Gasteiger partial charge in [-0.2, -0.15) is 10.4 Å². The molecule has 1 aliphatic carbocycles. The Bertz CT molecular complexity index is 1570. The molecule has 2 atom stereocenters. The molecule has 0 fully saturated rings. The second-order valence-electron chi connectivity index (χ2n) is 10.5. The molecule has 192 valence electrons. The highest BCUT2D eigenvalue weighted by atomic mass is 19.1. The summed E-state index contributed by atoms with van der Waals surface area (Å²) in [7, 11) is 0. The monoisotopic (exact) mass is 511 g/mol. The van der Waals surface area contributed by atoms with E-state index < -0.39 is 17.0 Å². The number of hydrogen-bond acceptors (Lipinski definition) is 7. The van der Waals surface area contributed by atoms with Crippen molar-refractivity contribution in [2.24, 2.45) is 5.41 Å². The molecule has 0 amide bonds. The van der Waals surface area contributed by atoms with Gasteiger partial charge in [0.1, 0.15) is 23.5 Å². The summed E-state index contributed by atoms with van der Waals surface area (Å²) in [5.74, 6) is -0.690. The summed E-state index contributed by atoms with van der Waals surface area (Å²) in [6.45, 7) is 8.51. The largest absolute Gasteiger partial charge is 0.383 e. The molecule has 7 nitrogen and oxygen atoms in total. The summed E-state index contributed by atoms with van der Waals surface area (Å²) in [5, 5.41) is 18.3. The molecule has 38 heavy (non-hydrogen) atoms. The quantitative estimate of drug-likeness (QED) is 0.360. The number of nitriles is 1. The Hall–Kier alpha value is -4.32. The number of fused-ring (bicyclic) bond motifs is 1. The van der Waals surface area contributed by atoms with E-state index in [1.54, 1.807) is 24.5 Å². The second kappa shape index (κ2) is 9.21. The normalized spacial score (nSPS) is 20.0. The van der Waals surface area contributed by atoms with E-state index in [4.69, 9.17) is 10.7 Å². The van der Waals surface area contributed by atoms with Crippen LogP contribution in [0.1, 0.15) is 69.0 Å². The third-order valence-corrected chi connectivity index (χ3v) is 8.02. The summed E-state index contributed by atoms with van der Waals surface area (Å²) < 4.78 is 29.2. The van der Waals surface area contributed by atoms with Crippen LogP contribution in [0.4, 0.5) is 14.6 Å². The summed E-state index contributed by atoms with van der Waals surface area (Å²) in [4.78, 5) is 13.5. The molecule has 0 saturated carbocycles. The van der Waals surface area contributed by atoms with Gasteiger partial charge in [-0.25, -0.2) is 23.7 Å². The average Bonchev–Trinajstić information content (AvgIpc) is 2.91. The van der Waals surface area contributed by atoms with Gasteiger partial charge in [0.2, 0.25) is 0 Å². The molecule has 0 saturated heterocycles. The number of nitrogen functional groups attached to an aromatic ring is 1. The van der Waals surface area contributed by atoms with Gasteiger partial charge < -0.3 is 5.73 Å². The van der Waals surface area contributed by atoms with Gasteiger partial charge in [-0.1, -0.05) is 26.8 Å². The molecule has 2 N–H and O–H groups in total. The Morgan fingerprint density at radius 1 is 1.08 bits per heavy atom. The highest BCUT2D eigenvalue weighted by molar-refractivity contribution is 5.64. The maximum atomic E-state index is 14.6. The van der Waals surface area contributed by atoms with E-state index in [9.17, 15) is 14.0 Å². The van der Waals surface area contributed by atoms with Crippen molar-refractivity contribution in [2.75, 3.05) is 5.73 Å². The lowest BCUT2D eigenvalue weighted by atomic mass is 9.54. The zero-order chi connectivity index (χ0) is 27.2. The lowest BCUT2D eigenvalue weighted by Crippen LogP contribution is -2.47. The van der Waals surface area contributed by atoms with Gasteiger partial charge in [-0.15, -0.1) is 5.10 Å². The van der Waals surface area contributed by atoms with Crippen molar-refractivity contribution in [2.45, 2.75) is 51.9 Å². The number of aromatic nitrogens is 5. The standard InChI is InChI=1S/C29H27F2N7/c1-5-16-13-28(2,3)29(4,23-9-10-34-27(36-23)18-11-17(14-32)26(33)35-15-18)25-19(16)12-22(37-38-25)24-20(30)7-6-8-21(24)31/h6-12,15-16H,5,13H2,1-4H3,(H2,33,35)/t16-,29+/m1/s1. The van der Waals surface area contributed by atoms with Gasteiger partial charge in [0, 0.05) is 18.0 Å². The molecule has 3 heterocycles. The zero-order valence-corrected chi connectivity index (χ0v) is 21.6.